The molecule has 2 aromatic carbocycles. The van der Waals surface area contributed by atoms with Gasteiger partial charge in [0.2, 0.25) is 0 Å². The Balaban J connectivity index is 1.87. The number of nitrogens with zero attached hydrogens (tertiary/aromatic N) is 1. The quantitative estimate of drug-likeness (QED) is 0.455. The van der Waals surface area contributed by atoms with Crippen molar-refractivity contribution in [1.82, 2.24) is 9.97 Å². The number of fused-ring (bicyclic) bond motifs is 2. The van der Waals surface area contributed by atoms with Gasteiger partial charge in [0, 0.05) is 11.3 Å². The smallest absolute Gasteiger partial charge is 0.140 e. The van der Waals surface area contributed by atoms with Gasteiger partial charge in [0.05, 0.1) is 11.0 Å². The number of imidazole rings is 1. The predicted molar refractivity (Wildman–Crippen MR) is 124 cm³/mol. The molecule has 0 aliphatic heterocycles. The second kappa shape index (κ2) is 5.65. The van der Waals surface area contributed by atoms with Crippen LogP contribution in [0, 0.1) is 5.41 Å². The van der Waals surface area contributed by atoms with E-state index in [-0.39, 0.29) is 21.7 Å². The van der Waals surface area contributed by atoms with E-state index in [1.165, 1.54) is 16.7 Å². The first-order valence-electron chi connectivity index (χ1n) is 10.6. The first kappa shape index (κ1) is 20.0. The zero-order valence-corrected chi connectivity index (χ0v) is 19.4. The lowest BCUT2D eigenvalue weighted by atomic mass is 9.59. The lowest BCUT2D eigenvalue weighted by Crippen LogP contribution is -2.42. The summed E-state index contributed by atoms with van der Waals surface area (Å²) in [5.74, 6) is 0.844. The van der Waals surface area contributed by atoms with Crippen LogP contribution < -0.4 is 5.73 Å². The highest BCUT2D eigenvalue weighted by Gasteiger charge is 2.56. The Hall–Kier alpha value is -2.29. The van der Waals surface area contributed by atoms with E-state index in [4.69, 9.17) is 10.7 Å². The molecule has 0 spiro atoms. The summed E-state index contributed by atoms with van der Waals surface area (Å²) in [5.41, 5.74) is 14.7. The lowest BCUT2D eigenvalue weighted by Gasteiger charge is -2.44. The van der Waals surface area contributed by atoms with Gasteiger partial charge in [-0.25, -0.2) is 4.98 Å². The Morgan fingerprint density at radius 1 is 0.862 bits per heavy atom. The summed E-state index contributed by atoms with van der Waals surface area (Å²) < 4.78 is 0. The largest absolute Gasteiger partial charge is 0.398 e. The second-order valence-electron chi connectivity index (χ2n) is 11.4. The number of aromatic nitrogens is 2. The molecule has 0 unspecified atom stereocenters. The first-order chi connectivity index (χ1) is 13.2. The Morgan fingerprint density at radius 3 is 2.00 bits per heavy atom. The van der Waals surface area contributed by atoms with Crippen LogP contribution in [0.25, 0.3) is 22.4 Å². The van der Waals surface area contributed by atoms with E-state index in [1.807, 2.05) is 0 Å². The van der Waals surface area contributed by atoms with Gasteiger partial charge in [-0.1, -0.05) is 68.4 Å². The Kier molecular flexibility index (Phi) is 3.90. The van der Waals surface area contributed by atoms with E-state index in [0.717, 1.165) is 28.1 Å². The molecule has 0 saturated carbocycles. The molecule has 0 radical (unpaired) electrons. The predicted octanol–water partition coefficient (Wildman–Crippen LogP) is 6.70. The van der Waals surface area contributed by atoms with Gasteiger partial charge >= 0.3 is 0 Å². The van der Waals surface area contributed by atoms with Gasteiger partial charge in [-0.3, -0.25) is 0 Å². The summed E-state index contributed by atoms with van der Waals surface area (Å²) in [6.07, 6.45) is 0. The van der Waals surface area contributed by atoms with Crippen LogP contribution in [0.3, 0.4) is 0 Å². The number of anilines is 1. The van der Waals surface area contributed by atoms with E-state index < -0.39 is 0 Å². The number of nitrogens with one attached hydrogen (secondary N) is 1. The summed E-state index contributed by atoms with van der Waals surface area (Å²) in [5, 5.41) is 0. The zero-order valence-electron chi connectivity index (χ0n) is 19.4. The van der Waals surface area contributed by atoms with Gasteiger partial charge in [0.25, 0.3) is 0 Å². The van der Waals surface area contributed by atoms with Crippen molar-refractivity contribution in [1.29, 1.82) is 0 Å². The number of hydrogen-bond donors (Lipinski definition) is 2. The average molecular weight is 390 g/mol. The number of hydrogen-bond acceptors (Lipinski definition) is 2. The molecular formula is C26H35N3. The maximum atomic E-state index is 6.43. The molecule has 3 nitrogen and oxygen atoms in total. The molecule has 1 aliphatic carbocycles. The molecule has 154 valence electrons. The SMILES string of the molecule is CC(C)(C)c1ccc(-c2nc3cc4c(cc3[nH]2)C(C)(C)C(C)(C)C4(C)C)c(N)c1. The number of rotatable bonds is 1. The van der Waals surface area contributed by atoms with Crippen molar-refractivity contribution in [2.45, 2.75) is 78.6 Å². The van der Waals surface area contributed by atoms with E-state index in [0.29, 0.717) is 0 Å². The van der Waals surface area contributed by atoms with Crippen molar-refractivity contribution in [2.75, 3.05) is 5.73 Å². The maximum absolute atomic E-state index is 6.43. The lowest BCUT2D eigenvalue weighted by molar-refractivity contribution is 0.125. The second-order valence-corrected chi connectivity index (χ2v) is 11.4. The van der Waals surface area contributed by atoms with Crippen LogP contribution in [0.2, 0.25) is 0 Å². The normalized spacial score (nSPS) is 19.5. The highest BCUT2D eigenvalue weighted by molar-refractivity contribution is 5.85. The summed E-state index contributed by atoms with van der Waals surface area (Å²) in [6.45, 7) is 20.8. The fraction of sp³-hybridized carbons (Fsp3) is 0.500. The zero-order chi connectivity index (χ0) is 21.6. The third kappa shape index (κ3) is 2.59. The van der Waals surface area contributed by atoms with Crippen LogP contribution in [-0.4, -0.2) is 9.97 Å². The van der Waals surface area contributed by atoms with E-state index in [9.17, 15) is 0 Å². The maximum Gasteiger partial charge on any atom is 0.140 e. The number of aromatic amines is 1. The number of benzene rings is 2. The summed E-state index contributed by atoms with van der Waals surface area (Å²) in [4.78, 5) is 8.48. The number of nitrogens with two attached hydrogens (primary N) is 1. The van der Waals surface area contributed by atoms with Gasteiger partial charge in [-0.15, -0.1) is 0 Å². The Labute approximate surface area is 175 Å². The molecule has 0 bridgehead atoms. The van der Waals surface area contributed by atoms with Crippen LogP contribution in [0.4, 0.5) is 5.69 Å². The monoisotopic (exact) mass is 389 g/mol. The van der Waals surface area contributed by atoms with Gasteiger partial charge < -0.3 is 10.7 Å². The number of H-pyrrole nitrogens is 1. The summed E-state index contributed by atoms with van der Waals surface area (Å²) in [7, 11) is 0. The molecule has 0 fully saturated rings. The molecule has 1 aromatic heterocycles. The molecule has 3 N–H and O–H groups in total. The van der Waals surface area contributed by atoms with Crippen molar-refractivity contribution in [3.63, 3.8) is 0 Å². The van der Waals surface area contributed by atoms with Crippen LogP contribution >= 0.6 is 0 Å². The van der Waals surface area contributed by atoms with Crippen molar-refractivity contribution in [3.8, 4) is 11.4 Å². The fourth-order valence-corrected chi connectivity index (χ4v) is 4.92. The Morgan fingerprint density at radius 2 is 1.45 bits per heavy atom. The highest BCUT2D eigenvalue weighted by Crippen LogP contribution is 2.61. The average Bonchev–Trinajstić information content (AvgIpc) is 3.05. The summed E-state index contributed by atoms with van der Waals surface area (Å²) in [6, 6.07) is 10.9. The standard InChI is InChI=1S/C26H35N3/c1-23(2,3)15-10-11-16(19(27)12-15)22-28-20-13-17-18(14-21(20)29-22)25(6,7)26(8,9)24(17,4)5/h10-14H,27H2,1-9H3,(H,28,29). The third-order valence-electron chi connectivity index (χ3n) is 8.27. The molecule has 29 heavy (non-hydrogen) atoms. The van der Waals surface area contributed by atoms with Gasteiger partial charge in [-0.05, 0) is 62.6 Å². The highest BCUT2D eigenvalue weighted by atomic mass is 14.9. The van der Waals surface area contributed by atoms with Crippen LogP contribution in [0.1, 0.15) is 79.0 Å². The molecular weight excluding hydrogens is 354 g/mol. The van der Waals surface area contributed by atoms with Gasteiger partial charge in [0.1, 0.15) is 5.82 Å². The van der Waals surface area contributed by atoms with E-state index in [2.05, 4.69) is 97.6 Å². The molecule has 0 atom stereocenters. The van der Waals surface area contributed by atoms with Gasteiger partial charge in [0.15, 0.2) is 0 Å². The van der Waals surface area contributed by atoms with Crippen molar-refractivity contribution < 1.29 is 0 Å². The third-order valence-corrected chi connectivity index (χ3v) is 8.27. The number of nitrogen functional groups attached to an aromatic ring is 1. The molecule has 1 aliphatic rings. The molecule has 0 saturated heterocycles. The molecule has 0 amide bonds. The minimum absolute atomic E-state index is 0.0747. The minimum atomic E-state index is 0.0747. The minimum Gasteiger partial charge on any atom is -0.398 e. The molecule has 1 heterocycles. The van der Waals surface area contributed by atoms with Crippen LogP contribution in [0.5, 0.6) is 0 Å². The van der Waals surface area contributed by atoms with Crippen molar-refractivity contribution in [3.05, 3.63) is 47.0 Å². The van der Waals surface area contributed by atoms with E-state index >= 15 is 0 Å². The van der Waals surface area contributed by atoms with Crippen LogP contribution in [0.15, 0.2) is 30.3 Å². The van der Waals surface area contributed by atoms with Crippen molar-refractivity contribution in [2.24, 2.45) is 5.41 Å². The molecule has 4 rings (SSSR count). The summed E-state index contributed by atoms with van der Waals surface area (Å²) >= 11 is 0. The molecule has 3 heteroatoms. The van der Waals surface area contributed by atoms with Gasteiger partial charge in [-0.2, -0.15) is 0 Å². The van der Waals surface area contributed by atoms with Crippen molar-refractivity contribution >= 4 is 16.7 Å². The molecule has 3 aromatic rings. The topological polar surface area (TPSA) is 54.7 Å². The Bertz CT molecular complexity index is 1070. The fourth-order valence-electron chi connectivity index (χ4n) is 4.92. The first-order valence-corrected chi connectivity index (χ1v) is 10.6. The van der Waals surface area contributed by atoms with E-state index in [1.54, 1.807) is 0 Å². The van der Waals surface area contributed by atoms with Crippen LogP contribution in [-0.2, 0) is 16.2 Å².